The number of nitrogens with zero attached hydrogens (tertiary/aromatic N) is 2. The predicted octanol–water partition coefficient (Wildman–Crippen LogP) is 1.68. The zero-order valence-corrected chi connectivity index (χ0v) is 8.44. The topological polar surface area (TPSA) is 43.8 Å². The second-order valence-corrected chi connectivity index (χ2v) is 3.34. The number of benzene rings is 1. The Morgan fingerprint density at radius 1 is 1.33 bits per heavy atom. The smallest absolute Gasteiger partial charge is 0.123 e. The lowest BCUT2D eigenvalue weighted by Gasteiger charge is -2.03. The SMILES string of the molecule is Cn1ncc(-c2ccc(F)cc2)c1CN. The van der Waals surface area contributed by atoms with Crippen LogP contribution in [0.15, 0.2) is 30.5 Å². The summed E-state index contributed by atoms with van der Waals surface area (Å²) < 4.78 is 14.5. The summed E-state index contributed by atoms with van der Waals surface area (Å²) in [6.07, 6.45) is 1.75. The summed E-state index contributed by atoms with van der Waals surface area (Å²) in [5, 5.41) is 4.13. The maximum absolute atomic E-state index is 12.7. The molecule has 0 unspecified atom stereocenters. The molecule has 1 aromatic heterocycles. The van der Waals surface area contributed by atoms with Gasteiger partial charge in [0.2, 0.25) is 0 Å². The Hall–Kier alpha value is -1.68. The van der Waals surface area contributed by atoms with Gasteiger partial charge in [-0.1, -0.05) is 12.1 Å². The van der Waals surface area contributed by atoms with Crippen molar-refractivity contribution in [1.29, 1.82) is 0 Å². The van der Waals surface area contributed by atoms with Gasteiger partial charge in [-0.05, 0) is 17.7 Å². The fourth-order valence-electron chi connectivity index (χ4n) is 1.58. The first-order valence-corrected chi connectivity index (χ1v) is 4.69. The van der Waals surface area contributed by atoms with E-state index in [2.05, 4.69) is 5.10 Å². The highest BCUT2D eigenvalue weighted by atomic mass is 19.1. The number of rotatable bonds is 2. The third-order valence-corrected chi connectivity index (χ3v) is 2.41. The molecule has 0 fully saturated rings. The summed E-state index contributed by atoms with van der Waals surface area (Å²) in [7, 11) is 1.84. The average molecular weight is 205 g/mol. The normalized spacial score (nSPS) is 10.6. The number of hydrogen-bond donors (Lipinski definition) is 1. The molecule has 1 aromatic carbocycles. The first-order valence-electron chi connectivity index (χ1n) is 4.69. The van der Waals surface area contributed by atoms with E-state index in [1.54, 1.807) is 23.0 Å². The van der Waals surface area contributed by atoms with Gasteiger partial charge in [0.05, 0.1) is 11.9 Å². The molecule has 0 atom stereocenters. The van der Waals surface area contributed by atoms with Crippen LogP contribution in [0.4, 0.5) is 4.39 Å². The Balaban J connectivity index is 2.49. The van der Waals surface area contributed by atoms with E-state index in [1.807, 2.05) is 7.05 Å². The number of aryl methyl sites for hydroxylation is 1. The van der Waals surface area contributed by atoms with Crippen LogP contribution in [0, 0.1) is 5.82 Å². The summed E-state index contributed by atoms with van der Waals surface area (Å²) in [5.41, 5.74) is 8.47. The van der Waals surface area contributed by atoms with E-state index >= 15 is 0 Å². The Kier molecular flexibility index (Phi) is 2.51. The highest BCUT2D eigenvalue weighted by molar-refractivity contribution is 5.65. The molecule has 15 heavy (non-hydrogen) atoms. The van der Waals surface area contributed by atoms with Crippen molar-refractivity contribution in [2.45, 2.75) is 6.54 Å². The molecule has 0 saturated carbocycles. The minimum Gasteiger partial charge on any atom is -0.325 e. The molecule has 1 heterocycles. The van der Waals surface area contributed by atoms with E-state index in [0.29, 0.717) is 6.54 Å². The molecule has 0 aliphatic heterocycles. The van der Waals surface area contributed by atoms with E-state index in [9.17, 15) is 4.39 Å². The molecule has 0 spiro atoms. The first-order chi connectivity index (χ1) is 7.22. The number of nitrogens with two attached hydrogens (primary N) is 1. The van der Waals surface area contributed by atoms with Crippen LogP contribution in [0.2, 0.25) is 0 Å². The second-order valence-electron chi connectivity index (χ2n) is 3.34. The van der Waals surface area contributed by atoms with Crippen LogP contribution < -0.4 is 5.73 Å². The molecule has 0 aliphatic carbocycles. The third-order valence-electron chi connectivity index (χ3n) is 2.41. The Labute approximate surface area is 87.3 Å². The van der Waals surface area contributed by atoms with Crippen LogP contribution in [0.3, 0.4) is 0 Å². The molecule has 4 heteroatoms. The van der Waals surface area contributed by atoms with Crippen LogP contribution >= 0.6 is 0 Å². The maximum atomic E-state index is 12.7. The van der Waals surface area contributed by atoms with Gasteiger partial charge in [-0.25, -0.2) is 4.39 Å². The molecule has 3 nitrogen and oxygen atoms in total. The summed E-state index contributed by atoms with van der Waals surface area (Å²) in [6.45, 7) is 0.420. The molecule has 0 amide bonds. The molecule has 2 rings (SSSR count). The summed E-state index contributed by atoms with van der Waals surface area (Å²) in [4.78, 5) is 0. The molecule has 0 saturated heterocycles. The maximum Gasteiger partial charge on any atom is 0.123 e. The van der Waals surface area contributed by atoms with Crippen molar-refractivity contribution < 1.29 is 4.39 Å². The monoisotopic (exact) mass is 205 g/mol. The highest BCUT2D eigenvalue weighted by Crippen LogP contribution is 2.22. The third kappa shape index (κ3) is 1.76. The number of hydrogen-bond acceptors (Lipinski definition) is 2. The van der Waals surface area contributed by atoms with Gasteiger partial charge < -0.3 is 5.73 Å². The standard InChI is InChI=1S/C11H12FN3/c1-15-11(6-13)10(7-14-15)8-2-4-9(12)5-3-8/h2-5,7H,6,13H2,1H3. The fourth-order valence-corrected chi connectivity index (χ4v) is 1.58. The minimum atomic E-state index is -0.239. The minimum absolute atomic E-state index is 0.239. The lowest BCUT2D eigenvalue weighted by atomic mass is 10.1. The van der Waals surface area contributed by atoms with Gasteiger partial charge in [0.1, 0.15) is 5.82 Å². The summed E-state index contributed by atoms with van der Waals surface area (Å²) in [6, 6.07) is 6.32. The molecule has 0 aliphatic rings. The fraction of sp³-hybridized carbons (Fsp3) is 0.182. The van der Waals surface area contributed by atoms with E-state index in [1.165, 1.54) is 12.1 Å². The summed E-state index contributed by atoms with van der Waals surface area (Å²) in [5.74, 6) is -0.239. The van der Waals surface area contributed by atoms with Crippen molar-refractivity contribution in [2.75, 3.05) is 0 Å². The lowest BCUT2D eigenvalue weighted by Crippen LogP contribution is -2.05. The zero-order chi connectivity index (χ0) is 10.8. The zero-order valence-electron chi connectivity index (χ0n) is 8.44. The van der Waals surface area contributed by atoms with Crippen molar-refractivity contribution in [3.8, 4) is 11.1 Å². The highest BCUT2D eigenvalue weighted by Gasteiger charge is 2.08. The Bertz CT molecular complexity index is 459. The van der Waals surface area contributed by atoms with Gasteiger partial charge in [-0.2, -0.15) is 5.10 Å². The van der Waals surface area contributed by atoms with Gasteiger partial charge in [0, 0.05) is 19.2 Å². The van der Waals surface area contributed by atoms with Crippen molar-refractivity contribution in [2.24, 2.45) is 12.8 Å². The van der Waals surface area contributed by atoms with E-state index < -0.39 is 0 Å². The molecule has 2 N–H and O–H groups in total. The van der Waals surface area contributed by atoms with E-state index in [0.717, 1.165) is 16.8 Å². The van der Waals surface area contributed by atoms with Crippen LogP contribution in [-0.4, -0.2) is 9.78 Å². The average Bonchev–Trinajstić information content (AvgIpc) is 2.61. The van der Waals surface area contributed by atoms with Crippen LogP contribution in [0.1, 0.15) is 5.69 Å². The number of aromatic nitrogens is 2. The lowest BCUT2D eigenvalue weighted by molar-refractivity contribution is 0.628. The van der Waals surface area contributed by atoms with Crippen molar-refractivity contribution in [3.63, 3.8) is 0 Å². The van der Waals surface area contributed by atoms with Crippen LogP contribution in [0.25, 0.3) is 11.1 Å². The van der Waals surface area contributed by atoms with Crippen molar-refractivity contribution >= 4 is 0 Å². The quantitative estimate of drug-likeness (QED) is 0.810. The molecule has 2 aromatic rings. The van der Waals surface area contributed by atoms with Gasteiger partial charge in [0.15, 0.2) is 0 Å². The Morgan fingerprint density at radius 2 is 2.00 bits per heavy atom. The molecule has 78 valence electrons. The molecular weight excluding hydrogens is 193 g/mol. The van der Waals surface area contributed by atoms with Crippen LogP contribution in [0.5, 0.6) is 0 Å². The van der Waals surface area contributed by atoms with Crippen molar-refractivity contribution in [3.05, 3.63) is 42.0 Å². The first kappa shape index (κ1) is 9.86. The van der Waals surface area contributed by atoms with E-state index in [4.69, 9.17) is 5.73 Å². The Morgan fingerprint density at radius 3 is 2.60 bits per heavy atom. The molecule has 0 bridgehead atoms. The second kappa shape index (κ2) is 3.82. The van der Waals surface area contributed by atoms with Gasteiger partial charge in [-0.3, -0.25) is 4.68 Å². The molecular formula is C11H12FN3. The van der Waals surface area contributed by atoms with Crippen molar-refractivity contribution in [1.82, 2.24) is 9.78 Å². The van der Waals surface area contributed by atoms with E-state index in [-0.39, 0.29) is 5.82 Å². The van der Waals surface area contributed by atoms with Gasteiger partial charge in [-0.15, -0.1) is 0 Å². The van der Waals surface area contributed by atoms with Gasteiger partial charge >= 0.3 is 0 Å². The predicted molar refractivity (Wildman–Crippen MR) is 56.5 cm³/mol. The van der Waals surface area contributed by atoms with Gasteiger partial charge in [0.25, 0.3) is 0 Å². The largest absolute Gasteiger partial charge is 0.325 e. The number of halogens is 1. The van der Waals surface area contributed by atoms with Crippen LogP contribution in [-0.2, 0) is 13.6 Å². The molecule has 0 radical (unpaired) electrons. The summed E-state index contributed by atoms with van der Waals surface area (Å²) >= 11 is 0.